The lowest BCUT2D eigenvalue weighted by Gasteiger charge is -2.03. The normalized spacial score (nSPS) is 10.2. The third-order valence-electron chi connectivity index (χ3n) is 2.58. The molecule has 0 unspecified atom stereocenters. The summed E-state index contributed by atoms with van der Waals surface area (Å²) in [6, 6.07) is 14.6. The fourth-order valence-electron chi connectivity index (χ4n) is 1.65. The molecule has 0 fully saturated rings. The monoisotopic (exact) mass is 266 g/mol. The van der Waals surface area contributed by atoms with Crippen LogP contribution in [0.15, 0.2) is 54.6 Å². The van der Waals surface area contributed by atoms with E-state index in [4.69, 9.17) is 5.26 Å². The van der Waals surface area contributed by atoms with Crippen molar-refractivity contribution < 1.29 is 9.18 Å². The predicted octanol–water partition coefficient (Wildman–Crippen LogP) is 3.35. The van der Waals surface area contributed by atoms with Gasteiger partial charge in [-0.2, -0.15) is 5.26 Å². The maximum Gasteiger partial charge on any atom is 0.248 e. The van der Waals surface area contributed by atoms with Crippen molar-refractivity contribution >= 4 is 17.7 Å². The van der Waals surface area contributed by atoms with E-state index in [9.17, 15) is 9.18 Å². The minimum absolute atomic E-state index is 0.359. The summed E-state index contributed by atoms with van der Waals surface area (Å²) in [5, 5.41) is 11.5. The van der Waals surface area contributed by atoms with E-state index in [1.165, 1.54) is 24.3 Å². The van der Waals surface area contributed by atoms with Crippen molar-refractivity contribution in [2.45, 2.75) is 0 Å². The van der Waals surface area contributed by atoms with Crippen LogP contribution >= 0.6 is 0 Å². The Balaban J connectivity index is 2.08. The zero-order valence-corrected chi connectivity index (χ0v) is 10.5. The van der Waals surface area contributed by atoms with Crippen molar-refractivity contribution in [1.82, 2.24) is 0 Å². The van der Waals surface area contributed by atoms with Gasteiger partial charge in [0.15, 0.2) is 0 Å². The lowest BCUT2D eigenvalue weighted by atomic mass is 10.2. The Morgan fingerprint density at radius 3 is 2.75 bits per heavy atom. The Morgan fingerprint density at radius 2 is 2.00 bits per heavy atom. The van der Waals surface area contributed by atoms with E-state index >= 15 is 0 Å². The maximum absolute atomic E-state index is 13.0. The summed E-state index contributed by atoms with van der Waals surface area (Å²) in [6.07, 6.45) is 2.80. The summed E-state index contributed by atoms with van der Waals surface area (Å²) in [6.45, 7) is 0. The van der Waals surface area contributed by atoms with Crippen molar-refractivity contribution in [2.24, 2.45) is 0 Å². The number of hydrogen-bond donors (Lipinski definition) is 1. The molecule has 2 rings (SSSR count). The Labute approximate surface area is 116 Å². The summed E-state index contributed by atoms with van der Waals surface area (Å²) in [4.78, 5) is 11.7. The summed E-state index contributed by atoms with van der Waals surface area (Å²) < 4.78 is 13.0. The number of hydrogen-bond acceptors (Lipinski definition) is 2. The van der Waals surface area contributed by atoms with Crippen molar-refractivity contribution in [3.8, 4) is 6.07 Å². The molecule has 0 saturated heterocycles. The lowest BCUT2D eigenvalue weighted by Crippen LogP contribution is -2.08. The van der Waals surface area contributed by atoms with Crippen LogP contribution in [0.25, 0.3) is 6.08 Å². The Hall–Kier alpha value is -2.93. The van der Waals surface area contributed by atoms with Gasteiger partial charge < -0.3 is 5.32 Å². The fourth-order valence-corrected chi connectivity index (χ4v) is 1.65. The molecule has 0 radical (unpaired) electrons. The average molecular weight is 266 g/mol. The third kappa shape index (κ3) is 3.53. The zero-order valence-electron chi connectivity index (χ0n) is 10.5. The van der Waals surface area contributed by atoms with Gasteiger partial charge in [-0.15, -0.1) is 0 Å². The molecular formula is C16H11FN2O. The first kappa shape index (κ1) is 13.5. The van der Waals surface area contributed by atoms with E-state index in [1.54, 1.807) is 36.4 Å². The van der Waals surface area contributed by atoms with Gasteiger partial charge in [-0.1, -0.05) is 24.3 Å². The number of para-hydroxylation sites is 1. The topological polar surface area (TPSA) is 52.9 Å². The van der Waals surface area contributed by atoms with Gasteiger partial charge in [0.25, 0.3) is 0 Å². The first-order valence-corrected chi connectivity index (χ1v) is 5.93. The molecule has 4 heteroatoms. The van der Waals surface area contributed by atoms with Gasteiger partial charge in [0.2, 0.25) is 5.91 Å². The van der Waals surface area contributed by atoms with Crippen LogP contribution in [0, 0.1) is 17.1 Å². The molecule has 20 heavy (non-hydrogen) atoms. The van der Waals surface area contributed by atoms with Gasteiger partial charge in [-0.3, -0.25) is 4.79 Å². The molecule has 2 aromatic rings. The molecule has 1 N–H and O–H groups in total. The molecule has 1 amide bonds. The van der Waals surface area contributed by atoms with E-state index in [1.807, 2.05) is 6.07 Å². The van der Waals surface area contributed by atoms with Gasteiger partial charge in [-0.05, 0) is 35.9 Å². The summed E-state index contributed by atoms with van der Waals surface area (Å²) in [7, 11) is 0. The first-order chi connectivity index (χ1) is 9.69. The minimum Gasteiger partial charge on any atom is -0.321 e. The molecule has 3 nitrogen and oxygen atoms in total. The fraction of sp³-hybridized carbons (Fsp3) is 0. The molecule has 0 aliphatic carbocycles. The lowest BCUT2D eigenvalue weighted by molar-refractivity contribution is -0.111. The van der Waals surface area contributed by atoms with Gasteiger partial charge in [0.05, 0.1) is 11.3 Å². The quantitative estimate of drug-likeness (QED) is 0.866. The number of nitriles is 1. The highest BCUT2D eigenvalue weighted by molar-refractivity contribution is 6.02. The minimum atomic E-state index is -0.378. The Bertz CT molecular complexity index is 702. The first-order valence-electron chi connectivity index (χ1n) is 5.93. The molecule has 0 heterocycles. The molecule has 0 bridgehead atoms. The maximum atomic E-state index is 13.0. The van der Waals surface area contributed by atoms with Crippen LogP contribution in [0.2, 0.25) is 0 Å². The molecule has 0 spiro atoms. The number of carbonyl (C=O) groups excluding carboxylic acids is 1. The molecular weight excluding hydrogens is 255 g/mol. The number of amides is 1. The number of benzene rings is 2. The van der Waals surface area contributed by atoms with Crippen LogP contribution in [-0.2, 0) is 4.79 Å². The van der Waals surface area contributed by atoms with Crippen molar-refractivity contribution in [3.05, 3.63) is 71.6 Å². The smallest absolute Gasteiger partial charge is 0.248 e. The molecule has 98 valence electrons. The van der Waals surface area contributed by atoms with Crippen LogP contribution in [0.4, 0.5) is 10.1 Å². The number of halogens is 1. The van der Waals surface area contributed by atoms with Gasteiger partial charge in [0, 0.05) is 6.08 Å². The van der Waals surface area contributed by atoms with Crippen molar-refractivity contribution in [1.29, 1.82) is 5.26 Å². The van der Waals surface area contributed by atoms with E-state index < -0.39 is 0 Å². The zero-order chi connectivity index (χ0) is 14.4. The molecule has 0 aromatic heterocycles. The number of anilines is 1. The standard InChI is InChI=1S/C16H11FN2O/c17-14-6-3-4-12(10-14)8-9-16(20)19-15-7-2-1-5-13(15)11-18/h1-10H,(H,19,20)/b9-8+. The van der Waals surface area contributed by atoms with Crippen molar-refractivity contribution in [2.75, 3.05) is 5.32 Å². The van der Waals surface area contributed by atoms with Crippen LogP contribution in [-0.4, -0.2) is 5.91 Å². The van der Waals surface area contributed by atoms with Crippen molar-refractivity contribution in [3.63, 3.8) is 0 Å². The summed E-state index contributed by atoms with van der Waals surface area (Å²) >= 11 is 0. The summed E-state index contributed by atoms with van der Waals surface area (Å²) in [5.74, 6) is -0.737. The average Bonchev–Trinajstić information content (AvgIpc) is 2.46. The van der Waals surface area contributed by atoms with Crippen LogP contribution in [0.3, 0.4) is 0 Å². The van der Waals surface area contributed by atoms with Crippen LogP contribution < -0.4 is 5.32 Å². The number of nitrogens with zero attached hydrogens (tertiary/aromatic N) is 1. The SMILES string of the molecule is N#Cc1ccccc1NC(=O)/C=C/c1cccc(F)c1. The second-order valence-electron chi connectivity index (χ2n) is 4.03. The highest BCUT2D eigenvalue weighted by atomic mass is 19.1. The summed E-state index contributed by atoms with van der Waals surface area (Å²) in [5.41, 5.74) is 1.43. The highest BCUT2D eigenvalue weighted by Crippen LogP contribution is 2.13. The highest BCUT2D eigenvalue weighted by Gasteiger charge is 2.03. The van der Waals surface area contributed by atoms with Gasteiger partial charge >= 0.3 is 0 Å². The Kier molecular flexibility index (Phi) is 4.25. The molecule has 0 aliphatic rings. The third-order valence-corrected chi connectivity index (χ3v) is 2.58. The van der Waals surface area contributed by atoms with Gasteiger partial charge in [-0.25, -0.2) is 4.39 Å². The molecule has 0 saturated carbocycles. The molecule has 2 aromatic carbocycles. The largest absolute Gasteiger partial charge is 0.321 e. The van der Waals surface area contributed by atoms with Crippen LogP contribution in [0.5, 0.6) is 0 Å². The van der Waals surface area contributed by atoms with E-state index in [0.29, 0.717) is 16.8 Å². The number of carbonyl (C=O) groups is 1. The van der Waals surface area contributed by atoms with Gasteiger partial charge in [0.1, 0.15) is 11.9 Å². The Morgan fingerprint density at radius 1 is 1.20 bits per heavy atom. The molecule has 0 aliphatic heterocycles. The number of rotatable bonds is 3. The number of nitrogens with one attached hydrogen (secondary N) is 1. The second-order valence-corrected chi connectivity index (χ2v) is 4.03. The second kappa shape index (κ2) is 6.30. The van der Waals surface area contributed by atoms with E-state index in [2.05, 4.69) is 5.32 Å². The van der Waals surface area contributed by atoms with E-state index in [0.717, 1.165) is 0 Å². The van der Waals surface area contributed by atoms with Crippen LogP contribution in [0.1, 0.15) is 11.1 Å². The molecule has 0 atom stereocenters. The predicted molar refractivity (Wildman–Crippen MR) is 75.2 cm³/mol. The van der Waals surface area contributed by atoms with E-state index in [-0.39, 0.29) is 11.7 Å².